The van der Waals surface area contributed by atoms with E-state index in [0.717, 1.165) is 12.5 Å². The van der Waals surface area contributed by atoms with Crippen molar-refractivity contribution in [2.24, 2.45) is 11.8 Å². The smallest absolute Gasteiger partial charge is 0.253 e. The molecule has 1 saturated carbocycles. The van der Waals surface area contributed by atoms with Gasteiger partial charge in [-0.2, -0.15) is 0 Å². The van der Waals surface area contributed by atoms with Gasteiger partial charge in [0.2, 0.25) is 0 Å². The van der Waals surface area contributed by atoms with Gasteiger partial charge in [-0.15, -0.1) is 0 Å². The Morgan fingerprint density at radius 3 is 2.45 bits per heavy atom. The van der Waals surface area contributed by atoms with E-state index in [4.69, 9.17) is 0 Å². The van der Waals surface area contributed by atoms with E-state index in [1.807, 2.05) is 0 Å². The number of rotatable bonds is 4. The number of nitrogens with zero attached hydrogens (tertiary/aromatic N) is 3. The molecule has 2 aliphatic rings. The lowest BCUT2D eigenvalue weighted by atomic mass is 9.95. The molecule has 1 aromatic heterocycles. The highest BCUT2D eigenvalue weighted by Crippen LogP contribution is 2.27. The van der Waals surface area contributed by atoms with Gasteiger partial charge in [0.1, 0.15) is 0 Å². The fraction of sp³-hybridized carbons (Fsp3) is 0.750. The Hall–Kier alpha value is -1.16. The van der Waals surface area contributed by atoms with Crippen LogP contribution in [0.5, 0.6) is 0 Å². The number of piperidine rings is 1. The summed E-state index contributed by atoms with van der Waals surface area (Å²) in [6.07, 6.45) is 11.4. The van der Waals surface area contributed by atoms with Crippen LogP contribution in [0, 0.1) is 11.8 Å². The first-order chi connectivity index (χ1) is 9.81. The molecular formula is C16H25N3O. The average molecular weight is 275 g/mol. The van der Waals surface area contributed by atoms with Gasteiger partial charge in [-0.25, -0.2) is 4.98 Å². The van der Waals surface area contributed by atoms with Crippen LogP contribution in [0.15, 0.2) is 23.4 Å². The van der Waals surface area contributed by atoms with Crippen molar-refractivity contribution in [3.63, 3.8) is 0 Å². The highest BCUT2D eigenvalue weighted by Gasteiger charge is 2.23. The number of hydrogen-bond acceptors (Lipinski definition) is 3. The molecule has 0 radical (unpaired) electrons. The van der Waals surface area contributed by atoms with Crippen LogP contribution in [-0.2, 0) is 6.54 Å². The summed E-state index contributed by atoms with van der Waals surface area (Å²) in [5.74, 6) is 1.59. The highest BCUT2D eigenvalue weighted by molar-refractivity contribution is 4.84. The molecule has 0 N–H and O–H groups in total. The van der Waals surface area contributed by atoms with Gasteiger partial charge < -0.3 is 4.90 Å². The van der Waals surface area contributed by atoms with Gasteiger partial charge in [0.05, 0.1) is 6.33 Å². The summed E-state index contributed by atoms with van der Waals surface area (Å²) < 4.78 is 1.76. The largest absolute Gasteiger partial charge is 0.303 e. The Labute approximate surface area is 120 Å². The molecule has 1 aliphatic carbocycles. The molecule has 2 fully saturated rings. The Balaban J connectivity index is 1.46. The lowest BCUT2D eigenvalue weighted by Gasteiger charge is -2.33. The zero-order chi connectivity index (χ0) is 13.8. The second-order valence-electron chi connectivity index (χ2n) is 6.47. The monoisotopic (exact) mass is 275 g/mol. The van der Waals surface area contributed by atoms with E-state index in [-0.39, 0.29) is 5.56 Å². The summed E-state index contributed by atoms with van der Waals surface area (Å²) >= 11 is 0. The van der Waals surface area contributed by atoms with Crippen LogP contribution >= 0.6 is 0 Å². The minimum absolute atomic E-state index is 0.0772. The summed E-state index contributed by atoms with van der Waals surface area (Å²) in [5, 5.41) is 0. The molecule has 110 valence electrons. The minimum Gasteiger partial charge on any atom is -0.303 e. The van der Waals surface area contributed by atoms with E-state index in [1.165, 1.54) is 58.2 Å². The molecule has 3 rings (SSSR count). The molecule has 0 atom stereocenters. The predicted octanol–water partition coefficient (Wildman–Crippen LogP) is 2.15. The quantitative estimate of drug-likeness (QED) is 0.845. The second-order valence-corrected chi connectivity index (χ2v) is 6.47. The molecular weight excluding hydrogens is 250 g/mol. The normalized spacial score (nSPS) is 22.4. The number of hydrogen-bond donors (Lipinski definition) is 0. The minimum atomic E-state index is 0.0772. The molecule has 0 amide bonds. The molecule has 2 heterocycles. The number of aromatic nitrogens is 2. The fourth-order valence-electron chi connectivity index (χ4n) is 3.70. The van der Waals surface area contributed by atoms with Crippen molar-refractivity contribution < 1.29 is 0 Å². The van der Waals surface area contributed by atoms with E-state index in [0.29, 0.717) is 5.92 Å². The van der Waals surface area contributed by atoms with Crippen LogP contribution in [0.3, 0.4) is 0 Å². The zero-order valence-electron chi connectivity index (χ0n) is 12.2. The van der Waals surface area contributed by atoms with Crippen molar-refractivity contribution in [2.45, 2.75) is 45.1 Å². The Kier molecular flexibility index (Phi) is 4.51. The van der Waals surface area contributed by atoms with E-state index in [1.54, 1.807) is 23.2 Å². The van der Waals surface area contributed by atoms with Gasteiger partial charge in [0.15, 0.2) is 0 Å². The van der Waals surface area contributed by atoms with E-state index in [9.17, 15) is 4.79 Å². The summed E-state index contributed by atoms with van der Waals surface area (Å²) in [6.45, 7) is 4.55. The first kappa shape index (κ1) is 13.8. The molecule has 1 aromatic rings. The van der Waals surface area contributed by atoms with Gasteiger partial charge in [-0.1, -0.05) is 12.8 Å². The maximum Gasteiger partial charge on any atom is 0.253 e. The maximum atomic E-state index is 11.7. The lowest BCUT2D eigenvalue weighted by Crippen LogP contribution is -2.38. The van der Waals surface area contributed by atoms with Crippen molar-refractivity contribution in [1.82, 2.24) is 14.5 Å². The van der Waals surface area contributed by atoms with Crippen molar-refractivity contribution in [2.75, 3.05) is 19.6 Å². The second kappa shape index (κ2) is 6.53. The average Bonchev–Trinajstić information content (AvgIpc) is 2.96. The molecule has 4 heteroatoms. The third-order valence-corrected chi connectivity index (χ3v) is 4.95. The molecule has 1 aliphatic heterocycles. The van der Waals surface area contributed by atoms with Gasteiger partial charge >= 0.3 is 0 Å². The molecule has 0 aromatic carbocycles. The fourth-order valence-corrected chi connectivity index (χ4v) is 3.70. The molecule has 20 heavy (non-hydrogen) atoms. The standard InChI is InChI=1S/C16H25N3O/c20-16-5-8-17-13-19(16)12-15-6-9-18(10-7-15)11-14-3-1-2-4-14/h5,8,13-15H,1-4,6-7,9-12H2. The molecule has 0 bridgehead atoms. The van der Waals surface area contributed by atoms with Crippen molar-refractivity contribution in [3.05, 3.63) is 28.9 Å². The summed E-state index contributed by atoms with van der Waals surface area (Å²) in [5.41, 5.74) is 0.0772. The first-order valence-electron chi connectivity index (χ1n) is 8.04. The Morgan fingerprint density at radius 1 is 1.05 bits per heavy atom. The molecule has 4 nitrogen and oxygen atoms in total. The van der Waals surface area contributed by atoms with Crippen molar-refractivity contribution in [1.29, 1.82) is 0 Å². The third kappa shape index (κ3) is 3.48. The highest BCUT2D eigenvalue weighted by atomic mass is 16.1. The molecule has 0 spiro atoms. The van der Waals surface area contributed by atoms with Crippen molar-refractivity contribution in [3.8, 4) is 0 Å². The van der Waals surface area contributed by atoms with Crippen LogP contribution in [0.2, 0.25) is 0 Å². The topological polar surface area (TPSA) is 38.1 Å². The lowest BCUT2D eigenvalue weighted by molar-refractivity contribution is 0.152. The van der Waals surface area contributed by atoms with Crippen LogP contribution in [0.25, 0.3) is 0 Å². The maximum absolute atomic E-state index is 11.7. The molecule has 0 unspecified atom stereocenters. The Bertz CT molecular complexity index is 471. The van der Waals surface area contributed by atoms with Crippen LogP contribution in [-0.4, -0.2) is 34.1 Å². The number of likely N-dealkylation sites (tertiary alicyclic amines) is 1. The van der Waals surface area contributed by atoms with Crippen LogP contribution in [0.4, 0.5) is 0 Å². The van der Waals surface area contributed by atoms with Crippen LogP contribution in [0.1, 0.15) is 38.5 Å². The predicted molar refractivity (Wildman–Crippen MR) is 79.6 cm³/mol. The summed E-state index contributed by atoms with van der Waals surface area (Å²) in [7, 11) is 0. The van der Waals surface area contributed by atoms with Crippen molar-refractivity contribution >= 4 is 0 Å². The van der Waals surface area contributed by atoms with E-state index < -0.39 is 0 Å². The zero-order valence-corrected chi connectivity index (χ0v) is 12.2. The Morgan fingerprint density at radius 2 is 1.75 bits per heavy atom. The third-order valence-electron chi connectivity index (χ3n) is 4.95. The van der Waals surface area contributed by atoms with Gasteiger partial charge in [0.25, 0.3) is 5.56 Å². The van der Waals surface area contributed by atoms with E-state index in [2.05, 4.69) is 9.88 Å². The van der Waals surface area contributed by atoms with Crippen LogP contribution < -0.4 is 5.56 Å². The SMILES string of the molecule is O=c1ccncn1CC1CCN(CC2CCCC2)CC1. The van der Waals surface area contributed by atoms with Gasteiger partial charge in [0, 0.05) is 25.4 Å². The summed E-state index contributed by atoms with van der Waals surface area (Å²) in [6, 6.07) is 1.55. The van der Waals surface area contributed by atoms with Gasteiger partial charge in [-0.05, 0) is 50.6 Å². The first-order valence-corrected chi connectivity index (χ1v) is 8.04. The van der Waals surface area contributed by atoms with Gasteiger partial charge in [-0.3, -0.25) is 9.36 Å². The van der Waals surface area contributed by atoms with E-state index >= 15 is 0 Å². The summed E-state index contributed by atoms with van der Waals surface area (Å²) in [4.78, 5) is 18.4. The molecule has 1 saturated heterocycles.